The Bertz CT molecular complexity index is 793. The lowest BCUT2D eigenvalue weighted by molar-refractivity contribution is -0.142. The molecule has 2 unspecified atom stereocenters. The van der Waals surface area contributed by atoms with Gasteiger partial charge in [-0.15, -0.1) is 0 Å². The molecule has 0 saturated carbocycles. The summed E-state index contributed by atoms with van der Waals surface area (Å²) in [6.45, 7) is 6.26. The minimum atomic E-state index is 0.0361. The molecule has 0 spiro atoms. The van der Waals surface area contributed by atoms with Crippen molar-refractivity contribution in [1.29, 1.82) is 0 Å². The van der Waals surface area contributed by atoms with Gasteiger partial charge in [0, 0.05) is 24.7 Å². The van der Waals surface area contributed by atoms with Crippen LogP contribution in [0.1, 0.15) is 19.5 Å². The predicted octanol–water partition coefficient (Wildman–Crippen LogP) is 2.29. The number of benzene rings is 1. The third-order valence-corrected chi connectivity index (χ3v) is 4.49. The molecule has 1 aromatic carbocycles. The van der Waals surface area contributed by atoms with Gasteiger partial charge in [0.2, 0.25) is 5.91 Å². The van der Waals surface area contributed by atoms with Gasteiger partial charge in [-0.25, -0.2) is 0 Å². The lowest BCUT2D eigenvalue weighted by atomic mass is 10.1. The van der Waals surface area contributed by atoms with Crippen LogP contribution in [0.4, 0.5) is 0 Å². The van der Waals surface area contributed by atoms with Crippen LogP contribution in [0, 0.1) is 0 Å². The van der Waals surface area contributed by atoms with E-state index in [1.807, 2.05) is 36.9 Å². The number of ether oxygens (including phenoxy) is 3. The van der Waals surface area contributed by atoms with Gasteiger partial charge in [0.05, 0.1) is 24.3 Å². The Balaban J connectivity index is 1.45. The van der Waals surface area contributed by atoms with Gasteiger partial charge < -0.3 is 23.6 Å². The average molecular weight is 358 g/mol. The van der Waals surface area contributed by atoms with Crippen LogP contribution in [-0.2, 0) is 16.0 Å². The summed E-state index contributed by atoms with van der Waals surface area (Å²) < 4.78 is 22.2. The number of amides is 1. The van der Waals surface area contributed by atoms with Crippen molar-refractivity contribution in [3.63, 3.8) is 0 Å². The first-order valence-corrected chi connectivity index (χ1v) is 8.87. The molecule has 7 heteroatoms. The quantitative estimate of drug-likeness (QED) is 0.838. The van der Waals surface area contributed by atoms with E-state index < -0.39 is 0 Å². The molecule has 2 atom stereocenters. The molecule has 0 N–H and O–H groups in total. The molecule has 3 heterocycles. The number of morpholine rings is 1. The predicted molar refractivity (Wildman–Crippen MR) is 93.2 cm³/mol. The van der Waals surface area contributed by atoms with Crippen LogP contribution in [0.15, 0.2) is 28.8 Å². The standard InChI is InChI=1S/C19H22N2O5/c1-12-10-21(11-13(2)25-12)19(22)9-15-8-17(26-20-15)14-3-4-16-18(7-14)24-6-5-23-16/h3-4,7-8,12-13H,5-6,9-11H2,1-2H3. The van der Waals surface area contributed by atoms with E-state index in [-0.39, 0.29) is 24.5 Å². The summed E-state index contributed by atoms with van der Waals surface area (Å²) in [6.07, 6.45) is 0.314. The first-order valence-electron chi connectivity index (χ1n) is 8.87. The van der Waals surface area contributed by atoms with Crippen molar-refractivity contribution in [1.82, 2.24) is 10.1 Å². The summed E-state index contributed by atoms with van der Waals surface area (Å²) in [7, 11) is 0. The number of hydrogen-bond donors (Lipinski definition) is 0. The second-order valence-electron chi connectivity index (χ2n) is 6.77. The normalized spacial score (nSPS) is 22.3. The molecule has 7 nitrogen and oxygen atoms in total. The summed E-state index contributed by atoms with van der Waals surface area (Å²) in [5.41, 5.74) is 1.46. The van der Waals surface area contributed by atoms with Crippen LogP contribution in [0.25, 0.3) is 11.3 Å². The summed E-state index contributed by atoms with van der Waals surface area (Å²) in [6, 6.07) is 7.42. The fraction of sp³-hybridized carbons (Fsp3) is 0.474. The Kier molecular flexibility index (Phi) is 4.55. The monoisotopic (exact) mass is 358 g/mol. The fourth-order valence-corrected chi connectivity index (χ4v) is 3.38. The van der Waals surface area contributed by atoms with Gasteiger partial charge in [-0.05, 0) is 32.0 Å². The van der Waals surface area contributed by atoms with Gasteiger partial charge in [0.25, 0.3) is 0 Å². The number of rotatable bonds is 3. The Morgan fingerprint density at radius 3 is 2.62 bits per heavy atom. The van der Waals surface area contributed by atoms with Crippen molar-refractivity contribution in [2.24, 2.45) is 0 Å². The second kappa shape index (κ2) is 6.99. The van der Waals surface area contributed by atoms with E-state index in [1.54, 1.807) is 6.07 Å². The van der Waals surface area contributed by atoms with Crippen LogP contribution in [-0.4, -0.2) is 54.5 Å². The third kappa shape index (κ3) is 3.53. The molecular weight excluding hydrogens is 336 g/mol. The van der Waals surface area contributed by atoms with Crippen molar-refractivity contribution in [2.75, 3.05) is 26.3 Å². The van der Waals surface area contributed by atoms with Crippen molar-refractivity contribution in [3.05, 3.63) is 30.0 Å². The maximum atomic E-state index is 12.5. The highest BCUT2D eigenvalue weighted by Crippen LogP contribution is 2.34. The second-order valence-corrected chi connectivity index (χ2v) is 6.77. The van der Waals surface area contributed by atoms with E-state index in [0.717, 1.165) is 11.3 Å². The maximum Gasteiger partial charge on any atom is 0.228 e. The average Bonchev–Trinajstić information content (AvgIpc) is 3.09. The summed E-state index contributed by atoms with van der Waals surface area (Å²) in [4.78, 5) is 14.4. The van der Waals surface area contributed by atoms with E-state index in [0.29, 0.717) is 43.5 Å². The van der Waals surface area contributed by atoms with E-state index in [2.05, 4.69) is 5.16 Å². The van der Waals surface area contributed by atoms with E-state index >= 15 is 0 Å². The number of nitrogens with zero attached hydrogens (tertiary/aromatic N) is 2. The van der Waals surface area contributed by atoms with Crippen LogP contribution in [0.3, 0.4) is 0 Å². The fourth-order valence-electron chi connectivity index (χ4n) is 3.38. The highest BCUT2D eigenvalue weighted by atomic mass is 16.6. The number of carbonyl (C=O) groups excluding carboxylic acids is 1. The molecule has 2 aromatic rings. The highest BCUT2D eigenvalue weighted by Gasteiger charge is 2.26. The van der Waals surface area contributed by atoms with Gasteiger partial charge in [-0.1, -0.05) is 5.16 Å². The number of hydrogen-bond acceptors (Lipinski definition) is 6. The molecule has 138 valence electrons. The molecule has 1 amide bonds. The lowest BCUT2D eigenvalue weighted by Gasteiger charge is -2.35. The summed E-state index contributed by atoms with van der Waals surface area (Å²) in [5, 5.41) is 4.05. The molecule has 1 fully saturated rings. The minimum Gasteiger partial charge on any atom is -0.486 e. The summed E-state index contributed by atoms with van der Waals surface area (Å²) >= 11 is 0. The Morgan fingerprint density at radius 2 is 1.85 bits per heavy atom. The zero-order valence-electron chi connectivity index (χ0n) is 14.9. The van der Waals surface area contributed by atoms with Gasteiger partial charge in [-0.2, -0.15) is 0 Å². The largest absolute Gasteiger partial charge is 0.486 e. The summed E-state index contributed by atoms with van der Waals surface area (Å²) in [5.74, 6) is 2.06. The molecular formula is C19H22N2O5. The van der Waals surface area contributed by atoms with Crippen molar-refractivity contribution >= 4 is 5.91 Å². The van der Waals surface area contributed by atoms with Crippen LogP contribution < -0.4 is 9.47 Å². The number of fused-ring (bicyclic) bond motifs is 1. The van der Waals surface area contributed by atoms with Crippen molar-refractivity contribution < 1.29 is 23.5 Å². The molecule has 0 aliphatic carbocycles. The van der Waals surface area contributed by atoms with Gasteiger partial charge in [-0.3, -0.25) is 4.79 Å². The minimum absolute atomic E-state index is 0.0361. The molecule has 1 aromatic heterocycles. The molecule has 2 aliphatic heterocycles. The maximum absolute atomic E-state index is 12.5. The topological polar surface area (TPSA) is 74.0 Å². The van der Waals surface area contributed by atoms with E-state index in [9.17, 15) is 4.79 Å². The number of carbonyl (C=O) groups is 1. The zero-order valence-corrected chi connectivity index (χ0v) is 14.9. The lowest BCUT2D eigenvalue weighted by Crippen LogP contribution is -2.48. The van der Waals surface area contributed by atoms with Gasteiger partial charge in [0.15, 0.2) is 17.3 Å². The van der Waals surface area contributed by atoms with E-state index in [1.165, 1.54) is 0 Å². The van der Waals surface area contributed by atoms with Crippen LogP contribution in [0.5, 0.6) is 11.5 Å². The zero-order chi connectivity index (χ0) is 18.1. The Labute approximate surface area is 151 Å². The molecule has 26 heavy (non-hydrogen) atoms. The molecule has 2 aliphatic rings. The Hall–Kier alpha value is -2.54. The molecule has 1 saturated heterocycles. The van der Waals surface area contributed by atoms with Crippen LogP contribution >= 0.6 is 0 Å². The molecule has 4 rings (SSSR count). The van der Waals surface area contributed by atoms with E-state index in [4.69, 9.17) is 18.7 Å². The SMILES string of the molecule is CC1CN(C(=O)Cc2cc(-c3ccc4c(c3)OCCO4)on2)CC(C)O1. The van der Waals surface area contributed by atoms with Gasteiger partial charge >= 0.3 is 0 Å². The molecule has 0 radical (unpaired) electrons. The highest BCUT2D eigenvalue weighted by molar-refractivity contribution is 5.79. The van der Waals surface area contributed by atoms with Crippen LogP contribution in [0.2, 0.25) is 0 Å². The third-order valence-electron chi connectivity index (χ3n) is 4.49. The molecule has 0 bridgehead atoms. The van der Waals surface area contributed by atoms with Gasteiger partial charge in [0.1, 0.15) is 13.2 Å². The first kappa shape index (κ1) is 16.9. The Morgan fingerprint density at radius 1 is 1.12 bits per heavy atom. The van der Waals surface area contributed by atoms with Crippen molar-refractivity contribution in [3.8, 4) is 22.8 Å². The smallest absolute Gasteiger partial charge is 0.228 e. The first-order chi connectivity index (χ1) is 12.6. The number of aromatic nitrogens is 1. The van der Waals surface area contributed by atoms with Crippen molar-refractivity contribution in [2.45, 2.75) is 32.5 Å².